The summed E-state index contributed by atoms with van der Waals surface area (Å²) in [6.45, 7) is 0. The fraction of sp³-hybridized carbons (Fsp3) is 0.118. The molecule has 0 radical (unpaired) electrons. The molecular weight excluding hydrogens is 378 g/mol. The van der Waals surface area contributed by atoms with Gasteiger partial charge in [0.15, 0.2) is 0 Å². The van der Waals surface area contributed by atoms with Gasteiger partial charge in [0, 0.05) is 15.6 Å². The van der Waals surface area contributed by atoms with E-state index in [0.29, 0.717) is 21.5 Å². The molecule has 1 amide bonds. The Labute approximate surface area is 158 Å². The Bertz CT molecular complexity index is 851. The van der Waals surface area contributed by atoms with Crippen LogP contribution >= 0.6 is 34.7 Å². The molecule has 25 heavy (non-hydrogen) atoms. The maximum Gasteiger partial charge on any atom is 0.286 e. The number of amides is 1. The van der Waals surface area contributed by atoms with Crippen LogP contribution in [0.1, 0.15) is 14.8 Å². The molecule has 0 aliphatic heterocycles. The Hall–Kier alpha value is -2.09. The largest absolute Gasteiger partial charge is 0.497 e. The zero-order valence-electron chi connectivity index (χ0n) is 13.2. The average molecular weight is 392 g/mol. The van der Waals surface area contributed by atoms with Crippen LogP contribution in [0.15, 0.2) is 53.4 Å². The Balaban J connectivity index is 1.58. The summed E-state index contributed by atoms with van der Waals surface area (Å²) in [6.07, 6.45) is 0. The molecule has 0 saturated heterocycles. The van der Waals surface area contributed by atoms with E-state index in [-0.39, 0.29) is 5.91 Å². The van der Waals surface area contributed by atoms with Gasteiger partial charge in [-0.25, -0.2) is 0 Å². The zero-order chi connectivity index (χ0) is 17.6. The summed E-state index contributed by atoms with van der Waals surface area (Å²) in [5.74, 6) is 1.11. The second kappa shape index (κ2) is 8.33. The van der Waals surface area contributed by atoms with Crippen LogP contribution < -0.4 is 10.1 Å². The van der Waals surface area contributed by atoms with Crippen molar-refractivity contribution in [1.82, 2.24) is 10.2 Å². The van der Waals surface area contributed by atoms with Crippen LogP contribution in [-0.2, 0) is 5.75 Å². The Morgan fingerprint density at radius 2 is 1.88 bits per heavy atom. The fourth-order valence-electron chi connectivity index (χ4n) is 1.94. The van der Waals surface area contributed by atoms with E-state index in [1.807, 2.05) is 24.3 Å². The van der Waals surface area contributed by atoms with Gasteiger partial charge in [-0.2, -0.15) is 0 Å². The highest BCUT2D eigenvalue weighted by atomic mass is 35.5. The summed E-state index contributed by atoms with van der Waals surface area (Å²) < 4.78 is 5.09. The number of anilines is 1. The predicted octanol–water partition coefficient (Wildman–Crippen LogP) is 4.74. The number of aromatic nitrogens is 2. The number of carbonyl (C=O) groups is 1. The molecule has 3 aromatic rings. The SMILES string of the molecule is COc1ccc(NC(=O)c2nnc(CSc3ccc(Cl)cc3)s2)cc1. The fourth-order valence-corrected chi connectivity index (χ4v) is 3.68. The highest BCUT2D eigenvalue weighted by Gasteiger charge is 2.13. The normalized spacial score (nSPS) is 10.5. The minimum atomic E-state index is -0.273. The molecule has 5 nitrogen and oxygen atoms in total. The standard InChI is InChI=1S/C17H14ClN3O2S2/c1-23-13-6-4-12(5-7-13)19-16(22)17-21-20-15(25-17)10-24-14-8-2-11(18)3-9-14/h2-9H,10H2,1H3,(H,19,22). The van der Waals surface area contributed by atoms with Gasteiger partial charge in [-0.3, -0.25) is 4.79 Å². The van der Waals surface area contributed by atoms with Gasteiger partial charge in [-0.15, -0.1) is 22.0 Å². The third kappa shape index (κ3) is 4.94. The number of thioether (sulfide) groups is 1. The van der Waals surface area contributed by atoms with Crippen molar-refractivity contribution in [3.8, 4) is 5.75 Å². The lowest BCUT2D eigenvalue weighted by Gasteiger charge is -2.03. The summed E-state index contributed by atoms with van der Waals surface area (Å²) in [7, 11) is 1.60. The Kier molecular flexibility index (Phi) is 5.91. The second-order valence-corrected chi connectivity index (χ2v) is 7.47. The van der Waals surface area contributed by atoms with Crippen molar-refractivity contribution < 1.29 is 9.53 Å². The van der Waals surface area contributed by atoms with E-state index >= 15 is 0 Å². The lowest BCUT2D eigenvalue weighted by Crippen LogP contribution is -2.11. The quantitative estimate of drug-likeness (QED) is 0.614. The predicted molar refractivity (Wildman–Crippen MR) is 102 cm³/mol. The van der Waals surface area contributed by atoms with Crippen LogP contribution in [-0.4, -0.2) is 23.2 Å². The van der Waals surface area contributed by atoms with Crippen LogP contribution in [0.4, 0.5) is 5.69 Å². The molecule has 8 heteroatoms. The van der Waals surface area contributed by atoms with Crippen LogP contribution in [0.5, 0.6) is 5.75 Å². The van der Waals surface area contributed by atoms with Gasteiger partial charge in [0.2, 0.25) is 5.01 Å². The lowest BCUT2D eigenvalue weighted by atomic mass is 10.3. The van der Waals surface area contributed by atoms with E-state index < -0.39 is 0 Å². The molecule has 1 aromatic heterocycles. The number of nitrogens with zero attached hydrogens (tertiary/aromatic N) is 2. The van der Waals surface area contributed by atoms with Gasteiger partial charge < -0.3 is 10.1 Å². The number of benzene rings is 2. The van der Waals surface area contributed by atoms with Gasteiger partial charge in [0.25, 0.3) is 5.91 Å². The highest BCUT2D eigenvalue weighted by Crippen LogP contribution is 2.26. The van der Waals surface area contributed by atoms with E-state index in [9.17, 15) is 4.79 Å². The van der Waals surface area contributed by atoms with Gasteiger partial charge in [0.05, 0.1) is 12.9 Å². The molecule has 0 atom stereocenters. The lowest BCUT2D eigenvalue weighted by molar-refractivity contribution is 0.102. The van der Waals surface area contributed by atoms with E-state index in [1.165, 1.54) is 11.3 Å². The molecule has 2 aromatic carbocycles. The number of halogens is 1. The smallest absolute Gasteiger partial charge is 0.286 e. The van der Waals surface area contributed by atoms with Gasteiger partial charge in [0.1, 0.15) is 10.8 Å². The van der Waals surface area contributed by atoms with Crippen LogP contribution in [0, 0.1) is 0 Å². The van der Waals surface area contributed by atoms with Crippen LogP contribution in [0.25, 0.3) is 0 Å². The molecule has 1 N–H and O–H groups in total. The summed E-state index contributed by atoms with van der Waals surface area (Å²) in [5.41, 5.74) is 0.679. The first-order valence-electron chi connectivity index (χ1n) is 7.30. The molecular formula is C17H14ClN3O2S2. The number of hydrogen-bond acceptors (Lipinski definition) is 6. The number of methoxy groups -OCH3 is 1. The third-order valence-corrected chi connectivity index (χ3v) is 5.56. The highest BCUT2D eigenvalue weighted by molar-refractivity contribution is 7.98. The van der Waals surface area contributed by atoms with E-state index in [4.69, 9.17) is 16.3 Å². The minimum absolute atomic E-state index is 0.273. The molecule has 0 saturated carbocycles. The second-order valence-electron chi connectivity index (χ2n) is 4.93. The third-order valence-electron chi connectivity index (χ3n) is 3.18. The van der Waals surface area contributed by atoms with Gasteiger partial charge in [-0.05, 0) is 48.5 Å². The van der Waals surface area contributed by atoms with E-state index in [1.54, 1.807) is 43.1 Å². The minimum Gasteiger partial charge on any atom is -0.497 e. The maximum atomic E-state index is 12.2. The maximum absolute atomic E-state index is 12.2. The molecule has 0 spiro atoms. The summed E-state index contributed by atoms with van der Waals surface area (Å²) in [5, 5.41) is 12.7. The average Bonchev–Trinajstić information content (AvgIpc) is 3.11. The van der Waals surface area contributed by atoms with Crippen molar-refractivity contribution in [3.05, 3.63) is 63.6 Å². The molecule has 0 aliphatic carbocycles. The molecule has 0 unspecified atom stereocenters. The monoisotopic (exact) mass is 391 g/mol. The Morgan fingerprint density at radius 1 is 1.16 bits per heavy atom. The van der Waals surface area contributed by atoms with Crippen LogP contribution in [0.2, 0.25) is 5.02 Å². The number of hydrogen-bond donors (Lipinski definition) is 1. The molecule has 0 bridgehead atoms. The molecule has 128 valence electrons. The van der Waals surface area contributed by atoms with Gasteiger partial charge in [-0.1, -0.05) is 22.9 Å². The van der Waals surface area contributed by atoms with E-state index in [2.05, 4.69) is 15.5 Å². The molecule has 3 rings (SSSR count). The van der Waals surface area contributed by atoms with Crippen molar-refractivity contribution in [2.24, 2.45) is 0 Å². The van der Waals surface area contributed by atoms with Crippen molar-refractivity contribution in [2.75, 3.05) is 12.4 Å². The van der Waals surface area contributed by atoms with Gasteiger partial charge >= 0.3 is 0 Å². The first-order chi connectivity index (χ1) is 12.1. The summed E-state index contributed by atoms with van der Waals surface area (Å²) in [4.78, 5) is 13.3. The number of ether oxygens (including phenoxy) is 1. The first kappa shape index (κ1) is 17.7. The van der Waals surface area contributed by atoms with E-state index in [0.717, 1.165) is 15.7 Å². The van der Waals surface area contributed by atoms with Crippen LogP contribution in [0.3, 0.4) is 0 Å². The summed E-state index contributed by atoms with van der Waals surface area (Å²) in [6, 6.07) is 14.7. The van der Waals surface area contributed by atoms with Crippen molar-refractivity contribution in [3.63, 3.8) is 0 Å². The molecule has 1 heterocycles. The van der Waals surface area contributed by atoms with Crippen molar-refractivity contribution in [2.45, 2.75) is 10.6 Å². The number of carbonyl (C=O) groups excluding carboxylic acids is 1. The topological polar surface area (TPSA) is 64.1 Å². The van der Waals surface area contributed by atoms with Crippen molar-refractivity contribution in [1.29, 1.82) is 0 Å². The van der Waals surface area contributed by atoms with Crippen molar-refractivity contribution >= 4 is 46.3 Å². The Morgan fingerprint density at radius 3 is 2.56 bits per heavy atom. The number of nitrogens with one attached hydrogen (secondary N) is 1. The zero-order valence-corrected chi connectivity index (χ0v) is 15.6. The summed E-state index contributed by atoms with van der Waals surface area (Å²) >= 11 is 8.77. The molecule has 0 fully saturated rings. The number of rotatable bonds is 6. The first-order valence-corrected chi connectivity index (χ1v) is 9.48. The molecule has 0 aliphatic rings.